The zero-order valence-electron chi connectivity index (χ0n) is 21.3. The molecule has 0 N–H and O–H groups in total. The molecule has 0 amide bonds. The average molecular weight is 596 g/mol. The molecule has 2 fully saturated rings. The first-order valence-electron chi connectivity index (χ1n) is 12.2. The SMILES string of the molecule is CCOC(=O)C1=C2CCCN2C(c2nccs2)=NC1.COC(=O)C1CCCN1C.Fc1cccc(Br)c1. The van der Waals surface area contributed by atoms with Crippen molar-refractivity contribution in [3.05, 3.63) is 62.4 Å². The Labute approximate surface area is 229 Å². The van der Waals surface area contributed by atoms with Crippen molar-refractivity contribution in [1.82, 2.24) is 14.8 Å². The molecule has 1 atom stereocenters. The van der Waals surface area contributed by atoms with E-state index in [1.54, 1.807) is 29.7 Å². The van der Waals surface area contributed by atoms with Crippen LogP contribution in [0.2, 0.25) is 0 Å². The number of fused-ring (bicyclic) bond motifs is 1. The molecule has 200 valence electrons. The number of esters is 2. The van der Waals surface area contributed by atoms with Gasteiger partial charge in [-0.05, 0) is 64.4 Å². The first kappa shape index (κ1) is 28.9. The minimum Gasteiger partial charge on any atom is -0.468 e. The van der Waals surface area contributed by atoms with Crippen LogP contribution < -0.4 is 0 Å². The normalized spacial score (nSPS) is 18.7. The van der Waals surface area contributed by atoms with Gasteiger partial charge < -0.3 is 14.4 Å². The van der Waals surface area contributed by atoms with E-state index in [1.807, 2.05) is 24.3 Å². The van der Waals surface area contributed by atoms with E-state index < -0.39 is 0 Å². The Morgan fingerprint density at radius 1 is 1.27 bits per heavy atom. The lowest BCUT2D eigenvalue weighted by Crippen LogP contribution is -2.33. The van der Waals surface area contributed by atoms with Crippen LogP contribution in [0.1, 0.15) is 37.6 Å². The molecule has 3 aliphatic heterocycles. The number of ether oxygens (including phenoxy) is 2. The molecular weight excluding hydrogens is 563 g/mol. The van der Waals surface area contributed by atoms with Gasteiger partial charge in [-0.1, -0.05) is 22.0 Å². The first-order valence-corrected chi connectivity index (χ1v) is 13.8. The van der Waals surface area contributed by atoms with E-state index in [2.05, 4.69) is 35.5 Å². The van der Waals surface area contributed by atoms with Gasteiger partial charge in [-0.15, -0.1) is 11.3 Å². The maximum Gasteiger partial charge on any atom is 0.337 e. The van der Waals surface area contributed by atoms with Crippen LogP contribution in [0.25, 0.3) is 0 Å². The zero-order chi connectivity index (χ0) is 26.8. The number of hydrogen-bond donors (Lipinski definition) is 0. The van der Waals surface area contributed by atoms with Crippen LogP contribution in [0.4, 0.5) is 4.39 Å². The number of aliphatic imine (C=N–C) groups is 1. The highest BCUT2D eigenvalue weighted by Gasteiger charge is 2.33. The average Bonchev–Trinajstić information content (AvgIpc) is 3.66. The highest BCUT2D eigenvalue weighted by molar-refractivity contribution is 9.10. The summed E-state index contributed by atoms with van der Waals surface area (Å²) in [5, 5.41) is 2.86. The number of carbonyl (C=O) groups excluding carboxylic acids is 2. The Kier molecular flexibility index (Phi) is 11.2. The molecule has 0 spiro atoms. The van der Waals surface area contributed by atoms with Crippen molar-refractivity contribution < 1.29 is 23.5 Å². The van der Waals surface area contributed by atoms with Crippen LogP contribution in [0.3, 0.4) is 0 Å². The molecule has 4 heterocycles. The lowest BCUT2D eigenvalue weighted by molar-refractivity contribution is -0.145. The Balaban J connectivity index is 0.000000177. The van der Waals surface area contributed by atoms with Crippen LogP contribution in [-0.4, -0.2) is 79.0 Å². The van der Waals surface area contributed by atoms with Gasteiger partial charge in [0.05, 0.1) is 25.8 Å². The second kappa shape index (κ2) is 14.3. The summed E-state index contributed by atoms with van der Waals surface area (Å²) in [5.74, 6) is 0.362. The minimum atomic E-state index is -0.230. The summed E-state index contributed by atoms with van der Waals surface area (Å²) in [6.45, 7) is 4.54. The number of thiazole rings is 1. The van der Waals surface area contributed by atoms with Gasteiger partial charge in [-0.2, -0.15) is 0 Å². The summed E-state index contributed by atoms with van der Waals surface area (Å²) in [7, 11) is 3.39. The number of allylic oxidation sites excluding steroid dienone is 1. The molecule has 3 aliphatic rings. The minimum absolute atomic E-state index is 0.0185. The van der Waals surface area contributed by atoms with Crippen LogP contribution in [0, 0.1) is 5.82 Å². The number of aromatic nitrogens is 1. The van der Waals surface area contributed by atoms with Crippen molar-refractivity contribution >= 4 is 45.0 Å². The molecule has 0 aliphatic carbocycles. The smallest absolute Gasteiger partial charge is 0.337 e. The second-order valence-corrected chi connectivity index (χ2v) is 10.3. The fourth-order valence-electron chi connectivity index (χ4n) is 4.27. The third kappa shape index (κ3) is 7.93. The second-order valence-electron chi connectivity index (χ2n) is 8.48. The van der Waals surface area contributed by atoms with E-state index in [4.69, 9.17) is 4.74 Å². The van der Waals surface area contributed by atoms with Crippen LogP contribution in [0.15, 0.2) is 56.6 Å². The van der Waals surface area contributed by atoms with Gasteiger partial charge in [-0.25, -0.2) is 14.2 Å². The van der Waals surface area contributed by atoms with Gasteiger partial charge in [0.25, 0.3) is 0 Å². The summed E-state index contributed by atoms with van der Waals surface area (Å²) >= 11 is 4.70. The van der Waals surface area contributed by atoms with Gasteiger partial charge in [0, 0.05) is 28.3 Å². The van der Waals surface area contributed by atoms with Gasteiger partial charge in [0.2, 0.25) is 0 Å². The topological polar surface area (TPSA) is 84.3 Å². The van der Waals surface area contributed by atoms with E-state index in [-0.39, 0.29) is 23.8 Å². The molecule has 0 saturated carbocycles. The number of hydrogen-bond acceptors (Lipinski definition) is 9. The van der Waals surface area contributed by atoms with Crippen molar-refractivity contribution in [1.29, 1.82) is 0 Å². The van der Waals surface area contributed by atoms with E-state index >= 15 is 0 Å². The zero-order valence-corrected chi connectivity index (χ0v) is 23.7. The lowest BCUT2D eigenvalue weighted by atomic mass is 10.1. The van der Waals surface area contributed by atoms with Crippen molar-refractivity contribution in [2.75, 3.05) is 40.4 Å². The summed E-state index contributed by atoms with van der Waals surface area (Å²) in [6.07, 6.45) is 5.80. The predicted octanol–water partition coefficient (Wildman–Crippen LogP) is 4.66. The number of halogens is 2. The fraction of sp³-hybridized carbons (Fsp3) is 0.462. The standard InChI is InChI=1S/C13H15N3O2S.C7H13NO2.C6H4BrF/c1-2-18-13(17)9-8-15-11(12-14-5-7-19-12)16-6-3-4-10(9)16;1-8-5-3-4-6(8)7(9)10-2;7-5-2-1-3-6(8)4-5/h5,7H,2-4,6,8H2,1H3;6H,3-5H2,1-2H3;1-4H. The van der Waals surface area contributed by atoms with Crippen LogP contribution in [-0.2, 0) is 19.1 Å². The molecule has 0 bridgehead atoms. The number of likely N-dealkylation sites (N-methyl/N-ethyl adjacent to an activating group) is 1. The van der Waals surface area contributed by atoms with Crippen molar-refractivity contribution in [3.63, 3.8) is 0 Å². The summed E-state index contributed by atoms with van der Waals surface area (Å²) in [6, 6.07) is 6.28. The Hall–Kier alpha value is -2.63. The third-order valence-electron chi connectivity index (χ3n) is 6.04. The Bertz CT molecular complexity index is 1110. The molecular formula is C26H32BrFN4O4S. The molecule has 1 aromatic carbocycles. The van der Waals surface area contributed by atoms with E-state index in [9.17, 15) is 14.0 Å². The predicted molar refractivity (Wildman–Crippen MR) is 145 cm³/mol. The summed E-state index contributed by atoms with van der Waals surface area (Å²) in [5.41, 5.74) is 1.78. The van der Waals surface area contributed by atoms with Gasteiger partial charge >= 0.3 is 11.9 Å². The van der Waals surface area contributed by atoms with Gasteiger partial charge in [0.15, 0.2) is 10.8 Å². The molecule has 2 aromatic rings. The highest BCUT2D eigenvalue weighted by atomic mass is 79.9. The van der Waals surface area contributed by atoms with Crippen molar-refractivity contribution in [2.24, 2.45) is 4.99 Å². The Morgan fingerprint density at radius 3 is 2.65 bits per heavy atom. The number of amidine groups is 1. The molecule has 8 nitrogen and oxygen atoms in total. The Morgan fingerprint density at radius 2 is 2.08 bits per heavy atom. The number of likely N-dealkylation sites (tertiary alicyclic amines) is 1. The number of carbonyl (C=O) groups is 2. The molecule has 1 aromatic heterocycles. The monoisotopic (exact) mass is 594 g/mol. The number of rotatable bonds is 4. The molecule has 0 radical (unpaired) electrons. The number of nitrogens with zero attached hydrogens (tertiary/aromatic N) is 4. The van der Waals surface area contributed by atoms with Gasteiger partial charge in [0.1, 0.15) is 11.9 Å². The summed E-state index contributed by atoms with van der Waals surface area (Å²) in [4.78, 5) is 35.9. The molecule has 1 unspecified atom stereocenters. The highest BCUT2D eigenvalue weighted by Crippen LogP contribution is 2.31. The van der Waals surface area contributed by atoms with Gasteiger partial charge in [-0.3, -0.25) is 14.7 Å². The summed E-state index contributed by atoms with van der Waals surface area (Å²) < 4.78 is 22.6. The van der Waals surface area contributed by atoms with Crippen molar-refractivity contribution in [2.45, 2.75) is 38.6 Å². The van der Waals surface area contributed by atoms with E-state index in [0.717, 1.165) is 59.8 Å². The molecule has 11 heteroatoms. The molecule has 5 rings (SSSR count). The quantitative estimate of drug-likeness (QED) is 0.476. The first-order chi connectivity index (χ1) is 17.8. The molecule has 2 saturated heterocycles. The van der Waals surface area contributed by atoms with E-state index in [0.29, 0.717) is 18.7 Å². The maximum absolute atomic E-state index is 12.1. The number of methoxy groups -OCH3 is 1. The fourth-order valence-corrected chi connectivity index (χ4v) is 5.30. The third-order valence-corrected chi connectivity index (χ3v) is 7.30. The lowest BCUT2D eigenvalue weighted by Gasteiger charge is -2.26. The largest absolute Gasteiger partial charge is 0.468 e. The van der Waals surface area contributed by atoms with Crippen LogP contribution >= 0.6 is 27.3 Å². The van der Waals surface area contributed by atoms with Crippen molar-refractivity contribution in [3.8, 4) is 0 Å². The van der Waals surface area contributed by atoms with Crippen LogP contribution in [0.5, 0.6) is 0 Å². The van der Waals surface area contributed by atoms with E-state index in [1.165, 1.54) is 19.2 Å². The maximum atomic E-state index is 12.1. The molecule has 37 heavy (non-hydrogen) atoms. The number of benzene rings is 1.